The Labute approximate surface area is 114 Å². The normalized spacial score (nSPS) is 30.3. The summed E-state index contributed by atoms with van der Waals surface area (Å²) in [6.07, 6.45) is 8.48. The van der Waals surface area contributed by atoms with Gasteiger partial charge in [-0.05, 0) is 70.4 Å². The topological polar surface area (TPSA) is 21.3 Å². The molecule has 4 unspecified atom stereocenters. The van der Waals surface area contributed by atoms with Crippen molar-refractivity contribution < 1.29 is 4.74 Å². The average molecular weight is 255 g/mol. The highest BCUT2D eigenvalue weighted by molar-refractivity contribution is 4.76. The Kier molecular flexibility index (Phi) is 7.92. The van der Waals surface area contributed by atoms with Crippen LogP contribution in [0.4, 0.5) is 0 Å². The van der Waals surface area contributed by atoms with E-state index < -0.39 is 0 Å². The van der Waals surface area contributed by atoms with Crippen LogP contribution in [0.1, 0.15) is 66.2 Å². The third kappa shape index (κ3) is 6.19. The molecule has 0 aliphatic heterocycles. The van der Waals surface area contributed by atoms with Crippen LogP contribution in [0, 0.1) is 11.8 Å². The summed E-state index contributed by atoms with van der Waals surface area (Å²) in [6, 6.07) is 0. The molecule has 0 bridgehead atoms. The van der Waals surface area contributed by atoms with Gasteiger partial charge in [-0.25, -0.2) is 0 Å². The lowest BCUT2D eigenvalue weighted by Crippen LogP contribution is -2.29. The van der Waals surface area contributed by atoms with Crippen LogP contribution in [0.15, 0.2) is 0 Å². The van der Waals surface area contributed by atoms with Gasteiger partial charge in [-0.2, -0.15) is 0 Å². The van der Waals surface area contributed by atoms with E-state index in [1.807, 2.05) is 0 Å². The molecule has 0 amide bonds. The summed E-state index contributed by atoms with van der Waals surface area (Å²) in [5.74, 6) is 1.72. The molecule has 0 heterocycles. The summed E-state index contributed by atoms with van der Waals surface area (Å²) in [4.78, 5) is 0. The van der Waals surface area contributed by atoms with Gasteiger partial charge in [0.2, 0.25) is 0 Å². The van der Waals surface area contributed by atoms with Gasteiger partial charge in [0.1, 0.15) is 0 Å². The van der Waals surface area contributed by atoms with E-state index in [2.05, 4.69) is 33.0 Å². The SMILES string of the molecule is CCCNCCCC(C)OC1CCC(C)C(C)C1. The summed E-state index contributed by atoms with van der Waals surface area (Å²) in [5, 5.41) is 3.45. The molecule has 2 nitrogen and oxygen atoms in total. The molecule has 2 heteroatoms. The first-order chi connectivity index (χ1) is 8.63. The summed E-state index contributed by atoms with van der Waals surface area (Å²) in [5.41, 5.74) is 0. The number of hydrogen-bond acceptors (Lipinski definition) is 2. The second-order valence-electron chi connectivity index (χ2n) is 6.23. The third-order valence-corrected chi connectivity index (χ3v) is 4.37. The fourth-order valence-corrected chi connectivity index (χ4v) is 2.83. The van der Waals surface area contributed by atoms with Gasteiger partial charge < -0.3 is 10.1 Å². The van der Waals surface area contributed by atoms with Gasteiger partial charge in [0, 0.05) is 0 Å². The molecule has 1 saturated carbocycles. The monoisotopic (exact) mass is 255 g/mol. The molecule has 0 aromatic heterocycles. The Balaban J connectivity index is 2.07. The van der Waals surface area contributed by atoms with Crippen molar-refractivity contribution in [3.8, 4) is 0 Å². The molecule has 0 aromatic carbocycles. The van der Waals surface area contributed by atoms with Crippen molar-refractivity contribution >= 4 is 0 Å². The molecule has 0 radical (unpaired) electrons. The van der Waals surface area contributed by atoms with E-state index >= 15 is 0 Å². The summed E-state index contributed by atoms with van der Waals surface area (Å²) in [6.45, 7) is 11.5. The van der Waals surface area contributed by atoms with Crippen LogP contribution in [0.2, 0.25) is 0 Å². The predicted molar refractivity (Wildman–Crippen MR) is 78.9 cm³/mol. The Morgan fingerprint density at radius 1 is 1.17 bits per heavy atom. The molecular formula is C16H33NO. The zero-order valence-corrected chi connectivity index (χ0v) is 12.9. The fourth-order valence-electron chi connectivity index (χ4n) is 2.83. The molecule has 1 N–H and O–H groups in total. The maximum absolute atomic E-state index is 6.19. The maximum Gasteiger partial charge on any atom is 0.0581 e. The fraction of sp³-hybridized carbons (Fsp3) is 1.00. The van der Waals surface area contributed by atoms with Crippen molar-refractivity contribution in [2.24, 2.45) is 11.8 Å². The molecule has 1 aliphatic rings. The highest BCUT2D eigenvalue weighted by atomic mass is 16.5. The molecule has 1 aliphatic carbocycles. The van der Waals surface area contributed by atoms with E-state index in [0.717, 1.165) is 24.9 Å². The first kappa shape index (κ1) is 16.0. The van der Waals surface area contributed by atoms with Crippen LogP contribution >= 0.6 is 0 Å². The van der Waals surface area contributed by atoms with Crippen molar-refractivity contribution in [3.63, 3.8) is 0 Å². The van der Waals surface area contributed by atoms with Gasteiger partial charge in [-0.1, -0.05) is 20.8 Å². The van der Waals surface area contributed by atoms with E-state index in [0.29, 0.717) is 12.2 Å². The molecule has 0 saturated heterocycles. The zero-order valence-electron chi connectivity index (χ0n) is 12.9. The highest BCUT2D eigenvalue weighted by Crippen LogP contribution is 2.31. The van der Waals surface area contributed by atoms with E-state index in [1.165, 1.54) is 38.5 Å². The van der Waals surface area contributed by atoms with Crippen molar-refractivity contribution in [2.75, 3.05) is 13.1 Å². The Morgan fingerprint density at radius 2 is 1.94 bits per heavy atom. The second-order valence-corrected chi connectivity index (χ2v) is 6.23. The van der Waals surface area contributed by atoms with Crippen LogP contribution in [-0.2, 0) is 4.74 Å². The van der Waals surface area contributed by atoms with Gasteiger partial charge in [0.25, 0.3) is 0 Å². The molecule has 1 fully saturated rings. The van der Waals surface area contributed by atoms with E-state index in [1.54, 1.807) is 0 Å². The minimum Gasteiger partial charge on any atom is -0.375 e. The largest absolute Gasteiger partial charge is 0.375 e. The minimum absolute atomic E-state index is 0.430. The standard InChI is InChI=1S/C16H33NO/c1-5-10-17-11-6-7-15(4)18-16-9-8-13(2)14(3)12-16/h13-17H,5-12H2,1-4H3. The Bertz CT molecular complexity index is 207. The van der Waals surface area contributed by atoms with E-state index in [-0.39, 0.29) is 0 Å². The third-order valence-electron chi connectivity index (χ3n) is 4.37. The maximum atomic E-state index is 6.19. The smallest absolute Gasteiger partial charge is 0.0581 e. The minimum atomic E-state index is 0.430. The number of rotatable bonds is 8. The second kappa shape index (κ2) is 8.92. The van der Waals surface area contributed by atoms with E-state index in [9.17, 15) is 0 Å². The van der Waals surface area contributed by atoms with Crippen molar-refractivity contribution in [1.82, 2.24) is 5.32 Å². The first-order valence-corrected chi connectivity index (χ1v) is 7.99. The Morgan fingerprint density at radius 3 is 2.61 bits per heavy atom. The average Bonchev–Trinajstić information content (AvgIpc) is 2.34. The van der Waals surface area contributed by atoms with Crippen LogP contribution in [0.25, 0.3) is 0 Å². The molecule has 4 atom stereocenters. The van der Waals surface area contributed by atoms with Crippen LogP contribution in [-0.4, -0.2) is 25.3 Å². The van der Waals surface area contributed by atoms with Crippen LogP contribution < -0.4 is 5.32 Å². The summed E-state index contributed by atoms with van der Waals surface area (Å²) in [7, 11) is 0. The Hall–Kier alpha value is -0.0800. The molecule has 108 valence electrons. The molecule has 18 heavy (non-hydrogen) atoms. The number of hydrogen-bond donors (Lipinski definition) is 1. The van der Waals surface area contributed by atoms with Crippen LogP contribution in [0.5, 0.6) is 0 Å². The molecule has 0 spiro atoms. The number of ether oxygens (including phenoxy) is 1. The highest BCUT2D eigenvalue weighted by Gasteiger charge is 2.25. The van der Waals surface area contributed by atoms with Crippen molar-refractivity contribution in [2.45, 2.75) is 78.4 Å². The summed E-state index contributed by atoms with van der Waals surface area (Å²) >= 11 is 0. The molecule has 1 rings (SSSR count). The zero-order chi connectivity index (χ0) is 13.4. The number of nitrogens with one attached hydrogen (secondary N) is 1. The first-order valence-electron chi connectivity index (χ1n) is 7.99. The molecule has 0 aromatic rings. The van der Waals surface area contributed by atoms with Crippen LogP contribution in [0.3, 0.4) is 0 Å². The lowest BCUT2D eigenvalue weighted by molar-refractivity contribution is -0.0427. The lowest BCUT2D eigenvalue weighted by atomic mass is 9.80. The van der Waals surface area contributed by atoms with Crippen molar-refractivity contribution in [1.29, 1.82) is 0 Å². The summed E-state index contributed by atoms with van der Waals surface area (Å²) < 4.78 is 6.19. The van der Waals surface area contributed by atoms with Gasteiger partial charge in [-0.3, -0.25) is 0 Å². The molecular weight excluding hydrogens is 222 g/mol. The van der Waals surface area contributed by atoms with Gasteiger partial charge in [0.15, 0.2) is 0 Å². The predicted octanol–water partition coefficient (Wildman–Crippen LogP) is 4.00. The van der Waals surface area contributed by atoms with Gasteiger partial charge in [0.05, 0.1) is 12.2 Å². The quantitative estimate of drug-likeness (QED) is 0.662. The van der Waals surface area contributed by atoms with E-state index in [4.69, 9.17) is 4.74 Å². The van der Waals surface area contributed by atoms with Crippen molar-refractivity contribution in [3.05, 3.63) is 0 Å². The van der Waals surface area contributed by atoms with Gasteiger partial charge >= 0.3 is 0 Å². The lowest BCUT2D eigenvalue weighted by Gasteiger charge is -2.33. The van der Waals surface area contributed by atoms with Gasteiger partial charge in [-0.15, -0.1) is 0 Å².